The molecule has 1 N–H and O–H groups in total. The minimum Gasteiger partial charge on any atom is -0.493 e. The van der Waals surface area contributed by atoms with E-state index < -0.39 is 0 Å². The number of hydrogen-bond acceptors (Lipinski definition) is 2. The number of benzene rings is 1. The van der Waals surface area contributed by atoms with Gasteiger partial charge in [0.2, 0.25) is 0 Å². The van der Waals surface area contributed by atoms with Crippen LogP contribution in [0.25, 0.3) is 0 Å². The van der Waals surface area contributed by atoms with Gasteiger partial charge < -0.3 is 10.1 Å². The summed E-state index contributed by atoms with van der Waals surface area (Å²) >= 11 is 0. The van der Waals surface area contributed by atoms with Gasteiger partial charge in [0.15, 0.2) is 0 Å². The highest BCUT2D eigenvalue weighted by molar-refractivity contribution is 5.33. The quantitative estimate of drug-likeness (QED) is 0.542. The highest BCUT2D eigenvalue weighted by Gasteiger charge is 2.20. The van der Waals surface area contributed by atoms with E-state index >= 15 is 0 Å². The first kappa shape index (κ1) is 16.4. The van der Waals surface area contributed by atoms with Gasteiger partial charge in [-0.25, -0.2) is 0 Å². The van der Waals surface area contributed by atoms with Crippen LogP contribution in [-0.4, -0.2) is 12.6 Å². The molecule has 1 aromatic rings. The first-order chi connectivity index (χ1) is 10.4. The van der Waals surface area contributed by atoms with Gasteiger partial charge in [-0.2, -0.15) is 0 Å². The van der Waals surface area contributed by atoms with Crippen molar-refractivity contribution in [3.05, 3.63) is 29.8 Å². The minimum atomic E-state index is 0.751. The summed E-state index contributed by atoms with van der Waals surface area (Å²) in [6.45, 7) is 4.06. The second kappa shape index (κ2) is 9.83. The smallest absolute Gasteiger partial charge is 0.123 e. The molecule has 0 spiro atoms. The Bertz CT molecular complexity index is 387. The maximum absolute atomic E-state index is 5.98. The van der Waals surface area contributed by atoms with Crippen LogP contribution in [0.4, 0.5) is 0 Å². The second-order valence-corrected chi connectivity index (χ2v) is 6.23. The summed E-state index contributed by atoms with van der Waals surface area (Å²) in [4.78, 5) is 0. The van der Waals surface area contributed by atoms with E-state index in [1.54, 1.807) is 0 Å². The standard InChI is InChI=1S/C19H31NO/c1-2-3-4-5-6-7-10-15-21-19-12-9-8-11-17(19)16-20-18-13-14-18/h8-9,11-12,18,20H,2-7,10,13-16H2,1H3. The van der Waals surface area contributed by atoms with Crippen molar-refractivity contribution in [3.8, 4) is 5.75 Å². The first-order valence-electron chi connectivity index (χ1n) is 8.84. The topological polar surface area (TPSA) is 21.3 Å². The SMILES string of the molecule is CCCCCCCCCOc1ccccc1CNC1CC1. The third-order valence-corrected chi connectivity index (χ3v) is 4.14. The molecule has 1 aromatic carbocycles. The Balaban J connectivity index is 1.58. The Labute approximate surface area is 130 Å². The van der Waals surface area contributed by atoms with E-state index in [1.807, 2.05) is 0 Å². The van der Waals surface area contributed by atoms with Gasteiger partial charge in [0.1, 0.15) is 5.75 Å². The fourth-order valence-electron chi connectivity index (χ4n) is 2.57. The molecule has 1 aliphatic rings. The number of nitrogens with one attached hydrogen (secondary N) is 1. The summed E-state index contributed by atoms with van der Waals surface area (Å²) in [5.41, 5.74) is 1.30. The number of unbranched alkanes of at least 4 members (excludes halogenated alkanes) is 6. The van der Waals surface area contributed by atoms with Gasteiger partial charge in [0.05, 0.1) is 6.61 Å². The maximum Gasteiger partial charge on any atom is 0.123 e. The summed E-state index contributed by atoms with van der Waals surface area (Å²) in [6, 6.07) is 9.20. The zero-order chi connectivity index (χ0) is 14.8. The monoisotopic (exact) mass is 289 g/mol. The molecule has 0 aromatic heterocycles. The molecular formula is C19H31NO. The molecule has 118 valence electrons. The van der Waals surface area contributed by atoms with Crippen LogP contribution in [0.15, 0.2) is 24.3 Å². The Morgan fingerprint density at radius 3 is 2.48 bits per heavy atom. The molecule has 0 bridgehead atoms. The maximum atomic E-state index is 5.98. The van der Waals surface area contributed by atoms with E-state index in [2.05, 4.69) is 36.5 Å². The third-order valence-electron chi connectivity index (χ3n) is 4.14. The van der Waals surface area contributed by atoms with Crippen molar-refractivity contribution in [1.29, 1.82) is 0 Å². The lowest BCUT2D eigenvalue weighted by Crippen LogP contribution is -2.16. The van der Waals surface area contributed by atoms with Gasteiger partial charge in [-0.05, 0) is 25.3 Å². The molecule has 0 saturated heterocycles. The lowest BCUT2D eigenvalue weighted by Gasteiger charge is -2.12. The number of hydrogen-bond donors (Lipinski definition) is 1. The van der Waals surface area contributed by atoms with Gasteiger partial charge in [0.25, 0.3) is 0 Å². The third kappa shape index (κ3) is 6.99. The first-order valence-corrected chi connectivity index (χ1v) is 8.84. The van der Waals surface area contributed by atoms with Crippen LogP contribution < -0.4 is 10.1 Å². The summed E-state index contributed by atoms with van der Waals surface area (Å²) in [7, 11) is 0. The molecule has 0 amide bonds. The fourth-order valence-corrected chi connectivity index (χ4v) is 2.57. The fraction of sp³-hybridized carbons (Fsp3) is 0.684. The molecule has 2 heteroatoms. The predicted molar refractivity (Wildman–Crippen MR) is 89.8 cm³/mol. The van der Waals surface area contributed by atoms with Crippen LogP contribution in [0, 0.1) is 0 Å². The van der Waals surface area contributed by atoms with Crippen molar-refractivity contribution in [2.75, 3.05) is 6.61 Å². The average molecular weight is 289 g/mol. The van der Waals surface area contributed by atoms with Gasteiger partial charge in [-0.1, -0.05) is 63.6 Å². The van der Waals surface area contributed by atoms with Crippen molar-refractivity contribution in [1.82, 2.24) is 5.32 Å². The van der Waals surface area contributed by atoms with Crippen LogP contribution in [0.1, 0.15) is 70.3 Å². The minimum absolute atomic E-state index is 0.751. The summed E-state index contributed by atoms with van der Waals surface area (Å²) in [6.07, 6.45) is 12.0. The molecule has 0 heterocycles. The number of ether oxygens (including phenoxy) is 1. The molecular weight excluding hydrogens is 258 g/mol. The van der Waals surface area contributed by atoms with E-state index in [9.17, 15) is 0 Å². The molecule has 0 radical (unpaired) electrons. The highest BCUT2D eigenvalue weighted by Crippen LogP contribution is 2.22. The van der Waals surface area contributed by atoms with E-state index in [0.29, 0.717) is 0 Å². The van der Waals surface area contributed by atoms with Gasteiger partial charge in [0, 0.05) is 18.2 Å². The highest BCUT2D eigenvalue weighted by atomic mass is 16.5. The molecule has 1 saturated carbocycles. The molecule has 21 heavy (non-hydrogen) atoms. The Morgan fingerprint density at radius 2 is 1.71 bits per heavy atom. The Hall–Kier alpha value is -1.02. The molecule has 0 unspecified atom stereocenters. The van der Waals surface area contributed by atoms with Crippen molar-refractivity contribution >= 4 is 0 Å². The van der Waals surface area contributed by atoms with Crippen LogP contribution in [0.3, 0.4) is 0 Å². The lowest BCUT2D eigenvalue weighted by atomic mass is 10.1. The van der Waals surface area contributed by atoms with Gasteiger partial charge in [-0.15, -0.1) is 0 Å². The van der Waals surface area contributed by atoms with E-state index in [0.717, 1.165) is 24.9 Å². The number of para-hydroxylation sites is 1. The summed E-state index contributed by atoms with van der Waals surface area (Å²) in [5.74, 6) is 1.07. The van der Waals surface area contributed by atoms with Crippen LogP contribution in [0.2, 0.25) is 0 Å². The van der Waals surface area contributed by atoms with Crippen molar-refractivity contribution in [3.63, 3.8) is 0 Å². The van der Waals surface area contributed by atoms with E-state index in [-0.39, 0.29) is 0 Å². The normalized spacial score (nSPS) is 14.3. The summed E-state index contributed by atoms with van der Waals surface area (Å²) < 4.78 is 5.98. The van der Waals surface area contributed by atoms with Crippen molar-refractivity contribution in [2.24, 2.45) is 0 Å². The molecule has 1 fully saturated rings. The molecule has 0 atom stereocenters. The Kier molecular flexibility index (Phi) is 7.66. The predicted octanol–water partition coefficient (Wildman–Crippen LogP) is 5.07. The largest absolute Gasteiger partial charge is 0.493 e. The van der Waals surface area contributed by atoms with Crippen LogP contribution in [0.5, 0.6) is 5.75 Å². The Morgan fingerprint density at radius 1 is 1.00 bits per heavy atom. The molecule has 2 nitrogen and oxygen atoms in total. The van der Waals surface area contributed by atoms with Crippen LogP contribution in [-0.2, 0) is 6.54 Å². The second-order valence-electron chi connectivity index (χ2n) is 6.23. The van der Waals surface area contributed by atoms with Crippen molar-refractivity contribution < 1.29 is 4.74 Å². The zero-order valence-electron chi connectivity index (χ0n) is 13.6. The summed E-state index contributed by atoms with van der Waals surface area (Å²) in [5, 5.41) is 3.56. The van der Waals surface area contributed by atoms with Crippen molar-refractivity contribution in [2.45, 2.75) is 77.3 Å². The molecule has 2 rings (SSSR count). The van der Waals surface area contributed by atoms with Gasteiger partial charge in [-0.3, -0.25) is 0 Å². The van der Waals surface area contributed by atoms with Gasteiger partial charge >= 0.3 is 0 Å². The molecule has 1 aliphatic carbocycles. The van der Waals surface area contributed by atoms with E-state index in [1.165, 1.54) is 63.4 Å². The van der Waals surface area contributed by atoms with Crippen LogP contribution >= 0.6 is 0 Å². The molecule has 0 aliphatic heterocycles. The zero-order valence-corrected chi connectivity index (χ0v) is 13.6. The lowest BCUT2D eigenvalue weighted by molar-refractivity contribution is 0.300. The average Bonchev–Trinajstić information content (AvgIpc) is 3.33. The van der Waals surface area contributed by atoms with E-state index in [4.69, 9.17) is 4.74 Å². The number of rotatable bonds is 12.